The highest BCUT2D eigenvalue weighted by atomic mass is 16.6. The van der Waals surface area contributed by atoms with E-state index in [9.17, 15) is 14.4 Å². The van der Waals surface area contributed by atoms with Crippen LogP contribution in [-0.4, -0.2) is 87.9 Å². The number of carbonyl (C=O) groups is 3. The number of aromatic nitrogens is 2. The third kappa shape index (κ3) is 8.14. The van der Waals surface area contributed by atoms with E-state index in [1.807, 2.05) is 10.8 Å². The smallest absolute Gasteiger partial charge is 0.411 e. The number of amides is 3. The molecule has 1 unspecified atom stereocenters. The minimum Gasteiger partial charge on any atom is -0.444 e. The number of anilines is 1. The Balaban J connectivity index is 2.03. The molecule has 0 saturated carbocycles. The van der Waals surface area contributed by atoms with Crippen LogP contribution in [0.3, 0.4) is 0 Å². The fourth-order valence-corrected chi connectivity index (χ4v) is 3.34. The van der Waals surface area contributed by atoms with Gasteiger partial charge in [-0.15, -0.1) is 0 Å². The number of nitrogens with one attached hydrogen (secondary N) is 2. The van der Waals surface area contributed by atoms with Crippen LogP contribution in [0, 0.1) is 0 Å². The van der Waals surface area contributed by atoms with Crippen molar-refractivity contribution in [3.05, 3.63) is 12.4 Å². The Morgan fingerprint density at radius 2 is 1.70 bits per heavy atom. The highest BCUT2D eigenvalue weighted by Crippen LogP contribution is 2.18. The van der Waals surface area contributed by atoms with E-state index in [0.717, 1.165) is 5.95 Å². The lowest BCUT2D eigenvalue weighted by molar-refractivity contribution is -0.128. The molecule has 0 spiro atoms. The average Bonchev–Trinajstić information content (AvgIpc) is 3.15. The molecule has 1 fully saturated rings. The molecule has 1 aromatic heterocycles. The monoisotopic (exact) mass is 466 g/mol. The number of aryl methyl sites for hydroxylation is 1. The van der Waals surface area contributed by atoms with Crippen LogP contribution < -0.4 is 10.6 Å². The molecular formula is C22H38N6O5. The van der Waals surface area contributed by atoms with Gasteiger partial charge in [-0.25, -0.2) is 14.6 Å². The van der Waals surface area contributed by atoms with Gasteiger partial charge in [-0.2, -0.15) is 0 Å². The van der Waals surface area contributed by atoms with Gasteiger partial charge in [-0.3, -0.25) is 9.69 Å². The molecule has 0 aliphatic carbocycles. The molecule has 11 heteroatoms. The molecule has 0 aromatic carbocycles. The fourth-order valence-electron chi connectivity index (χ4n) is 3.34. The second-order valence-corrected chi connectivity index (χ2v) is 9.95. The van der Waals surface area contributed by atoms with E-state index < -0.39 is 29.4 Å². The van der Waals surface area contributed by atoms with E-state index in [-0.39, 0.29) is 25.5 Å². The molecule has 2 rings (SSSR count). The number of imidazole rings is 1. The number of rotatable bonds is 6. The molecule has 1 aliphatic heterocycles. The first-order valence-electron chi connectivity index (χ1n) is 11.2. The van der Waals surface area contributed by atoms with E-state index in [1.165, 1.54) is 9.80 Å². The molecule has 3 amide bonds. The normalized spacial score (nSPS) is 16.9. The Morgan fingerprint density at radius 1 is 1.06 bits per heavy atom. The largest absolute Gasteiger partial charge is 0.444 e. The molecular weight excluding hydrogens is 428 g/mol. The summed E-state index contributed by atoms with van der Waals surface area (Å²) < 4.78 is 12.9. The standard InChI is InChI=1S/C22H38N6O5/c1-21(2,3)32-19(30)27-13-14-28(20(31)33-22(4,5)6)16(15-27)17(29)24-9-8-11-26-12-10-25-18(26)23-7/h10,12,16H,8-9,11,13-15H2,1-7H3,(H,23,25)(H,24,29). The molecule has 1 aromatic rings. The van der Waals surface area contributed by atoms with Crippen LogP contribution in [0.15, 0.2) is 12.4 Å². The van der Waals surface area contributed by atoms with Crippen molar-refractivity contribution in [1.29, 1.82) is 0 Å². The summed E-state index contributed by atoms with van der Waals surface area (Å²) in [6, 6.07) is -0.873. The molecule has 1 aliphatic rings. The maximum atomic E-state index is 13.0. The lowest BCUT2D eigenvalue weighted by atomic mass is 10.1. The van der Waals surface area contributed by atoms with Crippen LogP contribution in [0.2, 0.25) is 0 Å². The predicted molar refractivity (Wildman–Crippen MR) is 124 cm³/mol. The van der Waals surface area contributed by atoms with Crippen molar-refractivity contribution in [2.45, 2.75) is 71.8 Å². The maximum absolute atomic E-state index is 13.0. The van der Waals surface area contributed by atoms with E-state index in [1.54, 1.807) is 54.8 Å². The summed E-state index contributed by atoms with van der Waals surface area (Å²) in [6.45, 7) is 12.2. The zero-order chi connectivity index (χ0) is 24.8. The number of carbonyl (C=O) groups excluding carboxylic acids is 3. The minimum atomic E-state index is -0.873. The Kier molecular flexibility index (Phi) is 8.57. The Labute approximate surface area is 195 Å². The summed E-state index contributed by atoms with van der Waals surface area (Å²) in [5.41, 5.74) is -1.35. The van der Waals surface area contributed by atoms with E-state index in [4.69, 9.17) is 9.47 Å². The zero-order valence-electron chi connectivity index (χ0n) is 20.8. The number of nitrogens with zero attached hydrogens (tertiary/aromatic N) is 4. The second kappa shape index (κ2) is 10.8. The van der Waals surface area contributed by atoms with Gasteiger partial charge in [0.1, 0.15) is 17.2 Å². The van der Waals surface area contributed by atoms with Crippen molar-refractivity contribution in [2.75, 3.05) is 38.5 Å². The minimum absolute atomic E-state index is 0.0331. The first-order chi connectivity index (χ1) is 15.3. The van der Waals surface area contributed by atoms with Gasteiger partial charge in [0.25, 0.3) is 0 Å². The summed E-state index contributed by atoms with van der Waals surface area (Å²) in [4.78, 5) is 45.4. The lowest BCUT2D eigenvalue weighted by Gasteiger charge is -2.41. The van der Waals surface area contributed by atoms with Gasteiger partial charge >= 0.3 is 12.2 Å². The Bertz CT molecular complexity index is 826. The lowest BCUT2D eigenvalue weighted by Crippen LogP contribution is -2.62. The van der Waals surface area contributed by atoms with Crippen LogP contribution in [0.25, 0.3) is 0 Å². The van der Waals surface area contributed by atoms with E-state index >= 15 is 0 Å². The summed E-state index contributed by atoms with van der Waals surface area (Å²) in [5, 5.41) is 5.89. The molecule has 0 radical (unpaired) electrons. The summed E-state index contributed by atoms with van der Waals surface area (Å²) in [5.74, 6) is 0.409. The SMILES string of the molecule is CNc1nccn1CCCNC(=O)C1CN(C(=O)OC(C)(C)C)CCN1C(=O)OC(C)(C)C. The number of hydrogen-bond acceptors (Lipinski definition) is 7. The first kappa shape index (κ1) is 26.3. The quantitative estimate of drug-likeness (QED) is 0.618. The predicted octanol–water partition coefficient (Wildman–Crippen LogP) is 2.29. The van der Waals surface area contributed by atoms with Gasteiger partial charge in [0.2, 0.25) is 11.9 Å². The molecule has 186 valence electrons. The van der Waals surface area contributed by atoms with Crippen molar-refractivity contribution < 1.29 is 23.9 Å². The molecule has 2 N–H and O–H groups in total. The third-order valence-electron chi connectivity index (χ3n) is 4.78. The van der Waals surface area contributed by atoms with Gasteiger partial charge in [0, 0.05) is 45.6 Å². The van der Waals surface area contributed by atoms with Gasteiger partial charge in [0.15, 0.2) is 0 Å². The van der Waals surface area contributed by atoms with Crippen LogP contribution in [0.1, 0.15) is 48.0 Å². The molecule has 0 bridgehead atoms. The number of hydrogen-bond donors (Lipinski definition) is 2. The van der Waals surface area contributed by atoms with Gasteiger partial charge in [0.05, 0.1) is 6.54 Å². The highest BCUT2D eigenvalue weighted by Gasteiger charge is 2.39. The summed E-state index contributed by atoms with van der Waals surface area (Å²) in [7, 11) is 1.80. The van der Waals surface area contributed by atoms with Crippen molar-refractivity contribution >= 4 is 24.0 Å². The highest BCUT2D eigenvalue weighted by molar-refractivity contribution is 5.87. The third-order valence-corrected chi connectivity index (χ3v) is 4.78. The van der Waals surface area contributed by atoms with E-state index in [2.05, 4.69) is 15.6 Å². The van der Waals surface area contributed by atoms with Crippen molar-refractivity contribution in [2.24, 2.45) is 0 Å². The van der Waals surface area contributed by atoms with E-state index in [0.29, 0.717) is 19.5 Å². The second-order valence-electron chi connectivity index (χ2n) is 9.95. The topological polar surface area (TPSA) is 118 Å². The van der Waals surface area contributed by atoms with Crippen LogP contribution in [-0.2, 0) is 20.8 Å². The van der Waals surface area contributed by atoms with Crippen LogP contribution in [0.5, 0.6) is 0 Å². The molecule has 2 heterocycles. The Morgan fingerprint density at radius 3 is 2.30 bits per heavy atom. The maximum Gasteiger partial charge on any atom is 0.411 e. The number of ether oxygens (including phenoxy) is 2. The van der Waals surface area contributed by atoms with Crippen molar-refractivity contribution in [1.82, 2.24) is 24.7 Å². The van der Waals surface area contributed by atoms with Gasteiger partial charge in [-0.1, -0.05) is 0 Å². The van der Waals surface area contributed by atoms with Crippen LogP contribution >= 0.6 is 0 Å². The van der Waals surface area contributed by atoms with Crippen molar-refractivity contribution in [3.8, 4) is 0 Å². The molecule has 11 nitrogen and oxygen atoms in total. The van der Waals surface area contributed by atoms with Crippen LogP contribution in [0.4, 0.5) is 15.5 Å². The molecule has 1 atom stereocenters. The van der Waals surface area contributed by atoms with Crippen molar-refractivity contribution in [3.63, 3.8) is 0 Å². The fraction of sp³-hybridized carbons (Fsp3) is 0.727. The molecule has 1 saturated heterocycles. The van der Waals surface area contributed by atoms with Gasteiger partial charge in [-0.05, 0) is 48.0 Å². The first-order valence-corrected chi connectivity index (χ1v) is 11.2. The Hall–Kier alpha value is -2.98. The zero-order valence-corrected chi connectivity index (χ0v) is 20.8. The number of piperazine rings is 1. The average molecular weight is 467 g/mol. The van der Waals surface area contributed by atoms with Gasteiger partial charge < -0.3 is 29.6 Å². The molecule has 33 heavy (non-hydrogen) atoms. The summed E-state index contributed by atoms with van der Waals surface area (Å²) in [6.07, 6.45) is 3.15. The summed E-state index contributed by atoms with van der Waals surface area (Å²) >= 11 is 0.